The first kappa shape index (κ1) is 22.6. The van der Waals surface area contributed by atoms with E-state index in [2.05, 4.69) is 26.7 Å². The van der Waals surface area contributed by atoms with Gasteiger partial charge in [-0.15, -0.1) is 10.2 Å². The Bertz CT molecular complexity index is 1220. The number of nitrogens with one attached hydrogen (secondary N) is 1. The van der Waals surface area contributed by atoms with Crippen LogP contribution in [0.15, 0.2) is 53.4 Å². The summed E-state index contributed by atoms with van der Waals surface area (Å²) in [6.45, 7) is 7.79. The molecule has 6 nitrogen and oxygen atoms in total. The predicted octanol–water partition coefficient (Wildman–Crippen LogP) is 5.45. The molecule has 3 aromatic rings. The van der Waals surface area contributed by atoms with Gasteiger partial charge in [-0.3, -0.25) is 4.72 Å². The van der Waals surface area contributed by atoms with Crippen molar-refractivity contribution >= 4 is 33.1 Å². The van der Waals surface area contributed by atoms with Gasteiger partial charge in [-0.2, -0.15) is 0 Å². The van der Waals surface area contributed by atoms with E-state index in [1.165, 1.54) is 0 Å². The lowest BCUT2D eigenvalue weighted by molar-refractivity contribution is 0.436. The SMILES string of the molecule is Cc1cc(S(=O)(=O)Nc2cccc(-c3ccc(N4CCC(C)CC4)nn3)c2)c(C)cc1Cl. The van der Waals surface area contributed by atoms with Gasteiger partial charge in [0.1, 0.15) is 0 Å². The normalized spacial score (nSPS) is 15.1. The van der Waals surface area contributed by atoms with E-state index in [0.717, 1.165) is 43.2 Å². The summed E-state index contributed by atoms with van der Waals surface area (Å²) in [5.74, 6) is 1.64. The monoisotopic (exact) mass is 470 g/mol. The van der Waals surface area contributed by atoms with Crippen molar-refractivity contribution in [3.05, 3.63) is 64.7 Å². The maximum Gasteiger partial charge on any atom is 0.262 e. The van der Waals surface area contributed by atoms with Gasteiger partial charge in [0.15, 0.2) is 5.82 Å². The molecule has 1 aliphatic rings. The van der Waals surface area contributed by atoms with Crippen LogP contribution in [0.5, 0.6) is 0 Å². The van der Waals surface area contributed by atoms with Crippen molar-refractivity contribution in [2.24, 2.45) is 5.92 Å². The van der Waals surface area contributed by atoms with Crippen molar-refractivity contribution in [2.45, 2.75) is 38.5 Å². The van der Waals surface area contributed by atoms with Crippen LogP contribution in [0.25, 0.3) is 11.3 Å². The number of halogens is 1. The van der Waals surface area contributed by atoms with Crippen molar-refractivity contribution in [3.63, 3.8) is 0 Å². The van der Waals surface area contributed by atoms with E-state index in [1.54, 1.807) is 44.2 Å². The summed E-state index contributed by atoms with van der Waals surface area (Å²) < 4.78 is 28.6. The Morgan fingerprint density at radius 3 is 2.44 bits per heavy atom. The number of aryl methyl sites for hydroxylation is 2. The molecule has 32 heavy (non-hydrogen) atoms. The number of hydrogen-bond donors (Lipinski definition) is 1. The zero-order valence-electron chi connectivity index (χ0n) is 18.5. The zero-order chi connectivity index (χ0) is 22.9. The standard InChI is InChI=1S/C24H27ClN4O2S/c1-16-9-11-29(12-10-16)24-8-7-22(26-27-24)19-5-4-6-20(15-19)28-32(30,31)23-14-17(2)21(25)13-18(23)3/h4-8,13-16,28H,9-12H2,1-3H3. The number of rotatable bonds is 5. The highest BCUT2D eigenvalue weighted by Crippen LogP contribution is 2.28. The third-order valence-corrected chi connectivity index (χ3v) is 7.84. The minimum absolute atomic E-state index is 0.213. The van der Waals surface area contributed by atoms with Crippen molar-refractivity contribution < 1.29 is 8.42 Å². The Balaban J connectivity index is 1.54. The first-order valence-electron chi connectivity index (χ1n) is 10.7. The van der Waals surface area contributed by atoms with Gasteiger partial charge in [0.25, 0.3) is 10.0 Å². The van der Waals surface area contributed by atoms with Crippen LogP contribution in [0.4, 0.5) is 11.5 Å². The van der Waals surface area contributed by atoms with Crippen molar-refractivity contribution in [3.8, 4) is 11.3 Å². The lowest BCUT2D eigenvalue weighted by Crippen LogP contribution is -2.33. The van der Waals surface area contributed by atoms with Crippen molar-refractivity contribution in [1.82, 2.24) is 10.2 Å². The smallest absolute Gasteiger partial charge is 0.262 e. The molecule has 1 aliphatic heterocycles. The highest BCUT2D eigenvalue weighted by Gasteiger charge is 2.20. The van der Waals surface area contributed by atoms with Gasteiger partial charge >= 0.3 is 0 Å². The number of sulfonamides is 1. The van der Waals surface area contributed by atoms with E-state index in [1.807, 2.05) is 18.2 Å². The van der Waals surface area contributed by atoms with Gasteiger partial charge in [0.2, 0.25) is 0 Å². The lowest BCUT2D eigenvalue weighted by Gasteiger charge is -2.30. The van der Waals surface area contributed by atoms with E-state index < -0.39 is 10.0 Å². The summed E-state index contributed by atoms with van der Waals surface area (Å²) in [6, 6.07) is 14.3. The molecule has 1 saturated heterocycles. The number of piperidine rings is 1. The van der Waals surface area contributed by atoms with Gasteiger partial charge in [-0.05, 0) is 80.1 Å². The van der Waals surface area contributed by atoms with Crippen LogP contribution < -0.4 is 9.62 Å². The fourth-order valence-corrected chi connectivity index (χ4v) is 5.46. The van der Waals surface area contributed by atoms with Gasteiger partial charge in [0.05, 0.1) is 10.6 Å². The third-order valence-electron chi connectivity index (χ3n) is 5.91. The molecule has 168 valence electrons. The number of aromatic nitrogens is 2. The fraction of sp³-hybridized carbons (Fsp3) is 0.333. The summed E-state index contributed by atoms with van der Waals surface area (Å²) in [4.78, 5) is 2.47. The van der Waals surface area contributed by atoms with Gasteiger partial charge in [-0.25, -0.2) is 8.42 Å². The van der Waals surface area contributed by atoms with Gasteiger partial charge < -0.3 is 4.90 Å². The summed E-state index contributed by atoms with van der Waals surface area (Å²) in [6.07, 6.45) is 2.33. The maximum absolute atomic E-state index is 13.0. The van der Waals surface area contributed by atoms with Crippen molar-refractivity contribution in [1.29, 1.82) is 0 Å². The molecular formula is C24H27ClN4O2S. The third kappa shape index (κ3) is 4.89. The highest BCUT2D eigenvalue weighted by molar-refractivity contribution is 7.92. The minimum Gasteiger partial charge on any atom is -0.355 e. The molecule has 0 spiro atoms. The van der Waals surface area contributed by atoms with E-state index >= 15 is 0 Å². The Kier molecular flexibility index (Phi) is 6.40. The van der Waals surface area contributed by atoms with E-state index in [0.29, 0.717) is 27.5 Å². The molecule has 4 rings (SSSR count). The Morgan fingerprint density at radius 2 is 1.75 bits per heavy atom. The first-order chi connectivity index (χ1) is 15.2. The van der Waals surface area contributed by atoms with E-state index in [4.69, 9.17) is 11.6 Å². The second kappa shape index (κ2) is 9.08. The van der Waals surface area contributed by atoms with Crippen LogP contribution in [0, 0.1) is 19.8 Å². The Hall–Kier alpha value is -2.64. The number of hydrogen-bond acceptors (Lipinski definition) is 5. The number of benzene rings is 2. The molecule has 1 fully saturated rings. The molecule has 0 saturated carbocycles. The molecule has 0 radical (unpaired) electrons. The molecule has 2 aromatic carbocycles. The molecule has 0 aliphatic carbocycles. The quantitative estimate of drug-likeness (QED) is 0.536. The molecule has 8 heteroatoms. The molecule has 0 bridgehead atoms. The molecule has 0 amide bonds. The van der Waals surface area contributed by atoms with Crippen LogP contribution in [0.1, 0.15) is 30.9 Å². The second-order valence-corrected chi connectivity index (χ2v) is 10.6. The first-order valence-corrected chi connectivity index (χ1v) is 12.6. The average molecular weight is 471 g/mol. The molecule has 2 heterocycles. The van der Waals surface area contributed by atoms with E-state index in [-0.39, 0.29) is 4.90 Å². The summed E-state index contributed by atoms with van der Waals surface area (Å²) in [7, 11) is -3.76. The molecule has 0 atom stereocenters. The van der Waals surface area contributed by atoms with Gasteiger partial charge in [0, 0.05) is 29.4 Å². The average Bonchev–Trinajstić information content (AvgIpc) is 2.77. The Morgan fingerprint density at radius 1 is 1.00 bits per heavy atom. The molecule has 0 unspecified atom stereocenters. The molecular weight excluding hydrogens is 444 g/mol. The van der Waals surface area contributed by atoms with E-state index in [9.17, 15) is 8.42 Å². The summed E-state index contributed by atoms with van der Waals surface area (Å²) >= 11 is 6.12. The van der Waals surface area contributed by atoms with Crippen LogP contribution in [0.2, 0.25) is 5.02 Å². The van der Waals surface area contributed by atoms with Gasteiger partial charge in [-0.1, -0.05) is 30.7 Å². The second-order valence-electron chi connectivity index (χ2n) is 8.50. The zero-order valence-corrected chi connectivity index (χ0v) is 20.0. The topological polar surface area (TPSA) is 75.2 Å². The number of nitrogens with zero attached hydrogens (tertiary/aromatic N) is 3. The molecule has 1 N–H and O–H groups in total. The summed E-state index contributed by atoms with van der Waals surface area (Å²) in [5, 5.41) is 9.35. The van der Waals surface area contributed by atoms with Crippen molar-refractivity contribution in [2.75, 3.05) is 22.7 Å². The van der Waals surface area contributed by atoms with Crippen LogP contribution in [-0.4, -0.2) is 31.7 Å². The summed E-state index contributed by atoms with van der Waals surface area (Å²) in [5.41, 5.74) is 3.26. The van der Waals surface area contributed by atoms with Crippen LogP contribution >= 0.6 is 11.6 Å². The van der Waals surface area contributed by atoms with Crippen LogP contribution in [0.3, 0.4) is 0 Å². The molecule has 1 aromatic heterocycles. The fourth-order valence-electron chi connectivity index (χ4n) is 3.88. The number of anilines is 2. The lowest BCUT2D eigenvalue weighted by atomic mass is 9.99. The Labute approximate surface area is 194 Å². The predicted molar refractivity (Wildman–Crippen MR) is 130 cm³/mol. The highest BCUT2D eigenvalue weighted by atomic mass is 35.5. The van der Waals surface area contributed by atoms with Crippen LogP contribution in [-0.2, 0) is 10.0 Å². The minimum atomic E-state index is -3.76. The largest absolute Gasteiger partial charge is 0.355 e. The maximum atomic E-state index is 13.0.